The molecular formula is C19H24N4O2. The van der Waals surface area contributed by atoms with Gasteiger partial charge in [0.05, 0.1) is 6.10 Å². The number of aromatic nitrogens is 3. The molecule has 25 heavy (non-hydrogen) atoms. The normalized spacial score (nSPS) is 24.6. The Labute approximate surface area is 147 Å². The van der Waals surface area contributed by atoms with Crippen LogP contribution in [0.15, 0.2) is 36.9 Å². The molecular weight excluding hydrogens is 316 g/mol. The molecule has 2 aliphatic rings. The smallest absolute Gasteiger partial charge is 0.254 e. The highest BCUT2D eigenvalue weighted by Crippen LogP contribution is 2.35. The SMILES string of the molecule is O=C(c1ccc(-n2cnnc2)cc1)N1C[C@@H](O)C[C@@H]1C1CCCCC1. The van der Waals surface area contributed by atoms with Crippen LogP contribution in [0.2, 0.25) is 0 Å². The van der Waals surface area contributed by atoms with Crippen molar-refractivity contribution in [3.63, 3.8) is 0 Å². The summed E-state index contributed by atoms with van der Waals surface area (Å²) in [6, 6.07) is 7.68. The van der Waals surface area contributed by atoms with E-state index in [4.69, 9.17) is 0 Å². The molecule has 6 heteroatoms. The van der Waals surface area contributed by atoms with Crippen molar-refractivity contribution in [1.82, 2.24) is 19.7 Å². The molecule has 1 saturated carbocycles. The Bertz CT molecular complexity index is 708. The van der Waals surface area contributed by atoms with Gasteiger partial charge in [-0.15, -0.1) is 10.2 Å². The van der Waals surface area contributed by atoms with Gasteiger partial charge in [-0.05, 0) is 49.4 Å². The summed E-state index contributed by atoms with van der Waals surface area (Å²) >= 11 is 0. The average molecular weight is 340 g/mol. The fourth-order valence-electron chi connectivity index (χ4n) is 4.32. The second-order valence-corrected chi connectivity index (χ2v) is 7.23. The van der Waals surface area contributed by atoms with Crippen LogP contribution in [0.1, 0.15) is 48.9 Å². The highest BCUT2D eigenvalue weighted by Gasteiger charge is 2.39. The van der Waals surface area contributed by atoms with Crippen molar-refractivity contribution in [2.75, 3.05) is 6.54 Å². The lowest BCUT2D eigenvalue weighted by atomic mass is 9.82. The lowest BCUT2D eigenvalue weighted by Gasteiger charge is -2.33. The van der Waals surface area contributed by atoms with Gasteiger partial charge < -0.3 is 10.0 Å². The molecule has 2 atom stereocenters. The van der Waals surface area contributed by atoms with E-state index >= 15 is 0 Å². The van der Waals surface area contributed by atoms with Crippen molar-refractivity contribution < 1.29 is 9.90 Å². The van der Waals surface area contributed by atoms with E-state index in [0.717, 1.165) is 12.1 Å². The van der Waals surface area contributed by atoms with Gasteiger partial charge in [0.1, 0.15) is 12.7 Å². The van der Waals surface area contributed by atoms with E-state index in [-0.39, 0.29) is 11.9 Å². The number of hydrogen-bond donors (Lipinski definition) is 1. The second-order valence-electron chi connectivity index (χ2n) is 7.23. The Morgan fingerprint density at radius 2 is 1.72 bits per heavy atom. The highest BCUT2D eigenvalue weighted by molar-refractivity contribution is 5.94. The van der Waals surface area contributed by atoms with Crippen LogP contribution >= 0.6 is 0 Å². The zero-order chi connectivity index (χ0) is 17.2. The van der Waals surface area contributed by atoms with Gasteiger partial charge in [-0.25, -0.2) is 0 Å². The number of amides is 1. The fourth-order valence-corrected chi connectivity index (χ4v) is 4.32. The van der Waals surface area contributed by atoms with Crippen molar-refractivity contribution >= 4 is 5.91 Å². The van der Waals surface area contributed by atoms with E-state index in [0.29, 0.717) is 18.0 Å². The third kappa shape index (κ3) is 3.31. The van der Waals surface area contributed by atoms with Crippen LogP contribution in [-0.2, 0) is 0 Å². The van der Waals surface area contributed by atoms with E-state index in [1.54, 1.807) is 17.2 Å². The fraction of sp³-hybridized carbons (Fsp3) is 0.526. The summed E-state index contributed by atoms with van der Waals surface area (Å²) in [4.78, 5) is 14.9. The second kappa shape index (κ2) is 6.96. The molecule has 1 N–H and O–H groups in total. The maximum Gasteiger partial charge on any atom is 0.254 e. The molecule has 0 bridgehead atoms. The molecule has 4 rings (SSSR count). The number of aliphatic hydroxyl groups is 1. The minimum absolute atomic E-state index is 0.0300. The zero-order valence-electron chi connectivity index (χ0n) is 14.3. The summed E-state index contributed by atoms with van der Waals surface area (Å²) in [5, 5.41) is 17.8. The molecule has 2 fully saturated rings. The van der Waals surface area contributed by atoms with Gasteiger partial charge in [0.15, 0.2) is 0 Å². The molecule has 0 radical (unpaired) electrons. The lowest BCUT2D eigenvalue weighted by molar-refractivity contribution is 0.0650. The zero-order valence-corrected chi connectivity index (χ0v) is 14.3. The largest absolute Gasteiger partial charge is 0.391 e. The molecule has 0 spiro atoms. The van der Waals surface area contributed by atoms with Gasteiger partial charge in [0.25, 0.3) is 5.91 Å². The first-order valence-electron chi connectivity index (χ1n) is 9.16. The summed E-state index contributed by atoms with van der Waals surface area (Å²) in [5.74, 6) is 0.563. The molecule has 132 valence electrons. The standard InChI is InChI=1S/C19H24N4O2/c24-17-10-18(14-4-2-1-3-5-14)23(11-17)19(25)15-6-8-16(9-7-15)22-12-20-21-13-22/h6-9,12-14,17-18,24H,1-5,10-11H2/t17-,18+/m0/s1. The quantitative estimate of drug-likeness (QED) is 0.931. The van der Waals surface area contributed by atoms with Crippen LogP contribution < -0.4 is 0 Å². The molecule has 1 aromatic carbocycles. The molecule has 2 heterocycles. The van der Waals surface area contributed by atoms with Crippen LogP contribution in [0.4, 0.5) is 0 Å². The van der Waals surface area contributed by atoms with E-state index in [1.165, 1.54) is 32.1 Å². The highest BCUT2D eigenvalue weighted by atomic mass is 16.3. The van der Waals surface area contributed by atoms with Crippen molar-refractivity contribution in [1.29, 1.82) is 0 Å². The van der Waals surface area contributed by atoms with Crippen LogP contribution in [0.25, 0.3) is 5.69 Å². The van der Waals surface area contributed by atoms with Crippen molar-refractivity contribution in [3.8, 4) is 5.69 Å². The third-order valence-electron chi connectivity index (χ3n) is 5.61. The first-order chi connectivity index (χ1) is 12.2. The average Bonchev–Trinajstić information content (AvgIpc) is 3.32. The van der Waals surface area contributed by atoms with Gasteiger partial charge >= 0.3 is 0 Å². The first-order valence-corrected chi connectivity index (χ1v) is 9.16. The van der Waals surface area contributed by atoms with Crippen molar-refractivity contribution in [2.45, 2.75) is 50.7 Å². The number of rotatable bonds is 3. The minimum Gasteiger partial charge on any atom is -0.391 e. The molecule has 1 amide bonds. The number of β-amino-alcohol motifs (C(OH)–C–C–N with tert-alkyl or cyclic N) is 1. The Kier molecular flexibility index (Phi) is 4.53. The molecule has 2 aromatic rings. The third-order valence-corrected chi connectivity index (χ3v) is 5.61. The van der Waals surface area contributed by atoms with Gasteiger partial charge in [-0.1, -0.05) is 19.3 Å². The number of nitrogens with zero attached hydrogens (tertiary/aromatic N) is 4. The Morgan fingerprint density at radius 1 is 1.04 bits per heavy atom. The summed E-state index contributed by atoms with van der Waals surface area (Å²) in [6.07, 6.45) is 9.72. The first kappa shape index (κ1) is 16.3. The topological polar surface area (TPSA) is 71.2 Å². The number of hydrogen-bond acceptors (Lipinski definition) is 4. The number of benzene rings is 1. The van der Waals surface area contributed by atoms with E-state index in [1.807, 2.05) is 29.2 Å². The number of carbonyl (C=O) groups is 1. The Balaban J connectivity index is 1.52. The van der Waals surface area contributed by atoms with Crippen LogP contribution in [0.5, 0.6) is 0 Å². The minimum atomic E-state index is -0.396. The van der Waals surface area contributed by atoms with Crippen molar-refractivity contribution in [2.24, 2.45) is 5.92 Å². The number of aliphatic hydroxyl groups excluding tert-OH is 1. The molecule has 0 unspecified atom stereocenters. The monoisotopic (exact) mass is 340 g/mol. The summed E-state index contributed by atoms with van der Waals surface area (Å²) in [5.41, 5.74) is 1.60. The maximum absolute atomic E-state index is 13.0. The van der Waals surface area contributed by atoms with E-state index in [2.05, 4.69) is 10.2 Å². The lowest BCUT2D eigenvalue weighted by Crippen LogP contribution is -2.41. The van der Waals surface area contributed by atoms with Crippen LogP contribution in [0, 0.1) is 5.92 Å². The number of carbonyl (C=O) groups excluding carboxylic acids is 1. The van der Waals surface area contributed by atoms with Crippen LogP contribution in [-0.4, -0.2) is 49.4 Å². The summed E-state index contributed by atoms with van der Waals surface area (Å²) in [7, 11) is 0. The molecule has 1 aliphatic heterocycles. The summed E-state index contributed by atoms with van der Waals surface area (Å²) < 4.78 is 1.80. The van der Waals surface area contributed by atoms with Crippen molar-refractivity contribution in [3.05, 3.63) is 42.5 Å². The van der Waals surface area contributed by atoms with Crippen LogP contribution in [0.3, 0.4) is 0 Å². The van der Waals surface area contributed by atoms with Gasteiger partial charge in [-0.3, -0.25) is 9.36 Å². The molecule has 6 nitrogen and oxygen atoms in total. The van der Waals surface area contributed by atoms with Gasteiger partial charge in [-0.2, -0.15) is 0 Å². The van der Waals surface area contributed by atoms with Gasteiger partial charge in [0, 0.05) is 23.8 Å². The van der Waals surface area contributed by atoms with E-state index in [9.17, 15) is 9.90 Å². The molecule has 1 aromatic heterocycles. The molecule has 1 saturated heterocycles. The number of likely N-dealkylation sites (tertiary alicyclic amines) is 1. The Hall–Kier alpha value is -2.21. The maximum atomic E-state index is 13.0. The Morgan fingerprint density at radius 3 is 2.40 bits per heavy atom. The van der Waals surface area contributed by atoms with Gasteiger partial charge in [0.2, 0.25) is 0 Å². The predicted molar refractivity (Wildman–Crippen MR) is 93.4 cm³/mol. The summed E-state index contributed by atoms with van der Waals surface area (Å²) in [6.45, 7) is 0.452. The van der Waals surface area contributed by atoms with E-state index < -0.39 is 6.10 Å². The molecule has 1 aliphatic carbocycles. The predicted octanol–water partition coefficient (Wildman–Crippen LogP) is 2.42.